The van der Waals surface area contributed by atoms with Crippen LogP contribution in [0.1, 0.15) is 36.1 Å². The molecule has 0 fully saturated rings. The number of hydrazone groups is 1. The zero-order chi connectivity index (χ0) is 19.8. The summed E-state index contributed by atoms with van der Waals surface area (Å²) in [6.45, 7) is 8.99. The van der Waals surface area contributed by atoms with E-state index < -0.39 is 0 Å². The fourth-order valence-corrected chi connectivity index (χ4v) is 3.10. The molecule has 0 saturated heterocycles. The average Bonchev–Trinajstić information content (AvgIpc) is 2.61. The molecule has 0 saturated carbocycles. The maximum Gasteiger partial charge on any atom is 0.244 e. The Balaban J connectivity index is 2.04. The first kappa shape index (κ1) is 21.0. The maximum absolute atomic E-state index is 12.1. The lowest BCUT2D eigenvalue weighted by Gasteiger charge is -2.13. The summed E-state index contributed by atoms with van der Waals surface area (Å²) in [6.07, 6.45) is 1.87. The molecule has 0 aliphatic heterocycles. The summed E-state index contributed by atoms with van der Waals surface area (Å²) in [6, 6.07) is 9.71. The van der Waals surface area contributed by atoms with Crippen LogP contribution in [0.3, 0.4) is 0 Å². The van der Waals surface area contributed by atoms with E-state index in [0.717, 1.165) is 15.6 Å². The van der Waals surface area contributed by atoms with E-state index >= 15 is 0 Å². The number of aryl methyl sites for hydroxylation is 2. The normalized spacial score (nSPS) is 10.9. The van der Waals surface area contributed by atoms with Crippen LogP contribution in [-0.4, -0.2) is 25.3 Å². The van der Waals surface area contributed by atoms with Crippen LogP contribution < -0.4 is 14.9 Å². The number of carbonyl (C=O) groups is 1. The number of amides is 1. The molecule has 2 aromatic carbocycles. The summed E-state index contributed by atoms with van der Waals surface area (Å²) in [5, 5.41) is 4.05. The molecule has 6 heteroatoms. The lowest BCUT2D eigenvalue weighted by atomic mass is 10.0. The molecule has 1 amide bonds. The van der Waals surface area contributed by atoms with Crippen molar-refractivity contribution in [2.45, 2.75) is 34.1 Å². The van der Waals surface area contributed by atoms with Crippen LogP contribution in [0.25, 0.3) is 0 Å². The zero-order valence-corrected chi connectivity index (χ0v) is 17.7. The van der Waals surface area contributed by atoms with Crippen LogP contribution in [0.2, 0.25) is 0 Å². The van der Waals surface area contributed by atoms with Crippen molar-refractivity contribution in [3.8, 4) is 11.5 Å². The van der Waals surface area contributed by atoms with Gasteiger partial charge in [-0.3, -0.25) is 4.79 Å². The van der Waals surface area contributed by atoms with Crippen LogP contribution in [0, 0.1) is 13.8 Å². The van der Waals surface area contributed by atoms with E-state index in [2.05, 4.69) is 33.4 Å². The second-order valence-electron chi connectivity index (χ2n) is 6.08. The Morgan fingerprint density at radius 1 is 1.11 bits per heavy atom. The van der Waals surface area contributed by atoms with Gasteiger partial charge >= 0.3 is 0 Å². The predicted molar refractivity (Wildman–Crippen MR) is 112 cm³/mol. The number of ether oxygens (including phenoxy) is 2. The molecule has 0 unspecified atom stereocenters. The number of benzene rings is 2. The Bertz CT molecular complexity index is 834. The standard InChI is InChI=1S/C21H25BrN2O3/c1-5-26-19-11-17(10-18(22)21(19)27-6-2)13-23-24-20(25)12-16-8-7-14(3)15(4)9-16/h7-11,13H,5-6,12H2,1-4H3,(H,24,25)/b23-13+. The quantitative estimate of drug-likeness (QED) is 0.491. The van der Waals surface area contributed by atoms with Crippen molar-refractivity contribution >= 4 is 28.1 Å². The van der Waals surface area contributed by atoms with Gasteiger partial charge in [-0.2, -0.15) is 5.10 Å². The Hall–Kier alpha value is -2.34. The molecule has 0 radical (unpaired) electrons. The smallest absolute Gasteiger partial charge is 0.244 e. The number of nitrogens with zero attached hydrogens (tertiary/aromatic N) is 1. The third kappa shape index (κ3) is 6.10. The zero-order valence-electron chi connectivity index (χ0n) is 16.1. The summed E-state index contributed by atoms with van der Waals surface area (Å²) in [7, 11) is 0. The summed E-state index contributed by atoms with van der Waals surface area (Å²) >= 11 is 3.49. The number of nitrogens with one attached hydrogen (secondary N) is 1. The van der Waals surface area contributed by atoms with Crippen molar-refractivity contribution in [1.82, 2.24) is 5.43 Å². The summed E-state index contributed by atoms with van der Waals surface area (Å²) in [5.41, 5.74) is 6.71. The van der Waals surface area contributed by atoms with Gasteiger partial charge < -0.3 is 9.47 Å². The van der Waals surface area contributed by atoms with Crippen LogP contribution in [0.15, 0.2) is 39.9 Å². The van der Waals surface area contributed by atoms with Crippen molar-refractivity contribution in [3.63, 3.8) is 0 Å². The van der Waals surface area contributed by atoms with Crippen molar-refractivity contribution in [2.75, 3.05) is 13.2 Å². The largest absolute Gasteiger partial charge is 0.490 e. The van der Waals surface area contributed by atoms with Crippen LogP contribution in [0.4, 0.5) is 0 Å². The minimum absolute atomic E-state index is 0.162. The molecule has 0 heterocycles. The molecule has 0 aromatic heterocycles. The molecule has 2 aromatic rings. The molecular weight excluding hydrogens is 408 g/mol. The third-order valence-corrected chi connectivity index (χ3v) is 4.55. The number of hydrogen-bond acceptors (Lipinski definition) is 4. The Morgan fingerprint density at radius 3 is 2.52 bits per heavy atom. The summed E-state index contributed by atoms with van der Waals surface area (Å²) in [5.74, 6) is 1.14. The molecule has 0 aliphatic carbocycles. The number of halogens is 1. The van der Waals surface area contributed by atoms with E-state index in [-0.39, 0.29) is 12.3 Å². The molecule has 0 atom stereocenters. The SMILES string of the molecule is CCOc1cc(/C=N/NC(=O)Cc2ccc(C)c(C)c2)cc(Br)c1OCC. The Labute approximate surface area is 168 Å². The van der Waals surface area contributed by atoms with E-state index in [4.69, 9.17) is 9.47 Å². The average molecular weight is 433 g/mol. The van der Waals surface area contributed by atoms with Gasteiger partial charge in [-0.15, -0.1) is 0 Å². The van der Waals surface area contributed by atoms with Crippen LogP contribution in [-0.2, 0) is 11.2 Å². The predicted octanol–water partition coefficient (Wildman–Crippen LogP) is 4.56. The minimum atomic E-state index is -0.162. The van der Waals surface area contributed by atoms with Crippen molar-refractivity contribution < 1.29 is 14.3 Å². The molecule has 0 aliphatic rings. The highest BCUT2D eigenvalue weighted by Crippen LogP contribution is 2.36. The summed E-state index contributed by atoms with van der Waals surface area (Å²) in [4.78, 5) is 12.1. The topological polar surface area (TPSA) is 59.9 Å². The molecule has 0 spiro atoms. The fraction of sp³-hybridized carbons (Fsp3) is 0.333. The van der Waals surface area contributed by atoms with Gasteiger partial charge in [0, 0.05) is 0 Å². The van der Waals surface area contributed by atoms with Gasteiger partial charge in [-0.05, 0) is 78.0 Å². The first-order valence-corrected chi connectivity index (χ1v) is 9.71. The maximum atomic E-state index is 12.1. The van der Waals surface area contributed by atoms with E-state index in [1.807, 2.05) is 51.1 Å². The lowest BCUT2D eigenvalue weighted by molar-refractivity contribution is -0.120. The van der Waals surface area contributed by atoms with Gasteiger partial charge in [0.2, 0.25) is 5.91 Å². The molecule has 0 bridgehead atoms. The van der Waals surface area contributed by atoms with E-state index in [1.54, 1.807) is 6.21 Å². The van der Waals surface area contributed by atoms with Gasteiger partial charge in [-0.1, -0.05) is 18.2 Å². The van der Waals surface area contributed by atoms with Gasteiger partial charge in [0.05, 0.1) is 30.3 Å². The molecule has 1 N–H and O–H groups in total. The van der Waals surface area contributed by atoms with Crippen LogP contribution in [0.5, 0.6) is 11.5 Å². The molecular formula is C21H25BrN2O3. The van der Waals surface area contributed by atoms with Crippen LogP contribution >= 0.6 is 15.9 Å². The minimum Gasteiger partial charge on any atom is -0.490 e. The fourth-order valence-electron chi connectivity index (χ4n) is 2.53. The number of carbonyl (C=O) groups excluding carboxylic acids is 1. The van der Waals surface area contributed by atoms with E-state index in [0.29, 0.717) is 24.7 Å². The first-order valence-electron chi connectivity index (χ1n) is 8.91. The third-order valence-electron chi connectivity index (χ3n) is 3.96. The van der Waals surface area contributed by atoms with E-state index in [9.17, 15) is 4.79 Å². The van der Waals surface area contributed by atoms with Gasteiger partial charge in [0.1, 0.15) is 0 Å². The first-order chi connectivity index (χ1) is 12.9. The Morgan fingerprint density at radius 2 is 1.85 bits per heavy atom. The second kappa shape index (κ2) is 10.1. The van der Waals surface area contributed by atoms with Gasteiger partial charge in [-0.25, -0.2) is 5.43 Å². The molecule has 144 valence electrons. The summed E-state index contributed by atoms with van der Waals surface area (Å²) < 4.78 is 12.0. The highest BCUT2D eigenvalue weighted by atomic mass is 79.9. The number of rotatable bonds is 8. The van der Waals surface area contributed by atoms with Crippen molar-refractivity contribution in [2.24, 2.45) is 5.10 Å². The van der Waals surface area contributed by atoms with Gasteiger partial charge in [0.25, 0.3) is 0 Å². The highest BCUT2D eigenvalue weighted by molar-refractivity contribution is 9.10. The Kier molecular flexibility index (Phi) is 7.85. The molecule has 5 nitrogen and oxygen atoms in total. The van der Waals surface area contributed by atoms with Crippen molar-refractivity contribution in [1.29, 1.82) is 0 Å². The number of hydrogen-bond donors (Lipinski definition) is 1. The van der Waals surface area contributed by atoms with Gasteiger partial charge in [0.15, 0.2) is 11.5 Å². The lowest BCUT2D eigenvalue weighted by Crippen LogP contribution is -2.19. The monoisotopic (exact) mass is 432 g/mol. The van der Waals surface area contributed by atoms with E-state index in [1.165, 1.54) is 11.1 Å². The molecule has 2 rings (SSSR count). The highest BCUT2D eigenvalue weighted by Gasteiger charge is 2.11. The van der Waals surface area contributed by atoms with Crippen molar-refractivity contribution in [3.05, 3.63) is 57.1 Å². The second-order valence-corrected chi connectivity index (χ2v) is 6.94. The molecule has 27 heavy (non-hydrogen) atoms.